The number of hydrogen-bond acceptors (Lipinski definition) is 5. The highest BCUT2D eigenvalue weighted by Crippen LogP contribution is 2.41. The number of nitrogens with zero attached hydrogens (tertiary/aromatic N) is 2. The molecule has 7 heteroatoms. The van der Waals surface area contributed by atoms with Crippen molar-refractivity contribution in [3.05, 3.63) is 47.9 Å². The Bertz CT molecular complexity index is 1090. The van der Waals surface area contributed by atoms with E-state index in [-0.39, 0.29) is 12.1 Å². The number of oxazole rings is 1. The summed E-state index contributed by atoms with van der Waals surface area (Å²) in [7, 11) is 3.28. The zero-order chi connectivity index (χ0) is 20.7. The summed E-state index contributed by atoms with van der Waals surface area (Å²) in [4.78, 5) is 19.6. The van der Waals surface area contributed by atoms with Gasteiger partial charge in [-0.3, -0.25) is 0 Å². The van der Waals surface area contributed by atoms with Gasteiger partial charge in [-0.25, -0.2) is 9.78 Å². The predicted octanol–water partition coefficient (Wildman–Crippen LogP) is 5.09. The van der Waals surface area contributed by atoms with E-state index in [1.807, 2.05) is 41.3 Å². The molecule has 156 valence electrons. The maximum absolute atomic E-state index is 13.1. The number of likely N-dealkylation sites (tertiary alicyclic amines) is 1. The third kappa shape index (κ3) is 3.44. The SMILES string of the molecule is COc1ccc(OC)c(C2CCCN2C(=O)Nc2ccc3oc(C4CC4)nc3c2)c1. The largest absolute Gasteiger partial charge is 0.497 e. The number of benzene rings is 2. The summed E-state index contributed by atoms with van der Waals surface area (Å²) in [5, 5.41) is 3.03. The van der Waals surface area contributed by atoms with E-state index in [1.165, 1.54) is 0 Å². The van der Waals surface area contributed by atoms with Gasteiger partial charge >= 0.3 is 6.03 Å². The molecule has 7 nitrogen and oxygen atoms in total. The average molecular weight is 407 g/mol. The van der Waals surface area contributed by atoms with Crippen molar-refractivity contribution in [1.29, 1.82) is 0 Å². The molecule has 0 radical (unpaired) electrons. The summed E-state index contributed by atoms with van der Waals surface area (Å²) < 4.78 is 16.7. The molecule has 2 aliphatic rings. The van der Waals surface area contributed by atoms with E-state index in [0.29, 0.717) is 18.2 Å². The van der Waals surface area contributed by atoms with Gasteiger partial charge in [0.1, 0.15) is 17.0 Å². The third-order valence-corrected chi connectivity index (χ3v) is 5.89. The van der Waals surface area contributed by atoms with E-state index in [4.69, 9.17) is 13.9 Å². The van der Waals surface area contributed by atoms with Crippen molar-refractivity contribution >= 4 is 22.8 Å². The van der Waals surface area contributed by atoms with Crippen LogP contribution in [0, 0.1) is 0 Å². The molecule has 1 aliphatic carbocycles. The van der Waals surface area contributed by atoms with Gasteiger partial charge in [0.25, 0.3) is 0 Å². The highest BCUT2D eigenvalue weighted by molar-refractivity contribution is 5.92. The van der Waals surface area contributed by atoms with Gasteiger partial charge in [-0.2, -0.15) is 0 Å². The number of amides is 2. The van der Waals surface area contributed by atoms with Crippen LogP contribution in [0.25, 0.3) is 11.1 Å². The monoisotopic (exact) mass is 407 g/mol. The maximum atomic E-state index is 13.1. The number of urea groups is 1. The number of ether oxygens (including phenoxy) is 2. The Labute approximate surface area is 175 Å². The van der Waals surface area contributed by atoms with E-state index >= 15 is 0 Å². The number of fused-ring (bicyclic) bond motifs is 1. The highest BCUT2D eigenvalue weighted by Gasteiger charge is 2.33. The quantitative estimate of drug-likeness (QED) is 0.637. The maximum Gasteiger partial charge on any atom is 0.322 e. The lowest BCUT2D eigenvalue weighted by Gasteiger charge is -2.27. The molecular weight excluding hydrogens is 382 g/mol. The Balaban J connectivity index is 1.37. The third-order valence-electron chi connectivity index (χ3n) is 5.89. The minimum absolute atomic E-state index is 0.0627. The minimum atomic E-state index is -0.132. The molecule has 1 atom stereocenters. The van der Waals surface area contributed by atoms with E-state index in [0.717, 1.165) is 59.7 Å². The first-order valence-electron chi connectivity index (χ1n) is 10.4. The van der Waals surface area contributed by atoms with E-state index < -0.39 is 0 Å². The first kappa shape index (κ1) is 18.8. The lowest BCUT2D eigenvalue weighted by molar-refractivity contribution is 0.206. The fraction of sp³-hybridized carbons (Fsp3) is 0.391. The molecule has 1 aliphatic heterocycles. The topological polar surface area (TPSA) is 76.8 Å². The first-order valence-corrected chi connectivity index (χ1v) is 10.4. The summed E-state index contributed by atoms with van der Waals surface area (Å²) in [6, 6.07) is 11.1. The van der Waals surface area contributed by atoms with Gasteiger partial charge in [-0.1, -0.05) is 0 Å². The van der Waals surface area contributed by atoms with Crippen LogP contribution in [0.15, 0.2) is 40.8 Å². The van der Waals surface area contributed by atoms with Crippen LogP contribution in [0.5, 0.6) is 11.5 Å². The molecule has 1 aromatic heterocycles. The number of methoxy groups -OCH3 is 2. The van der Waals surface area contributed by atoms with Gasteiger partial charge in [0.05, 0.1) is 20.3 Å². The number of hydrogen-bond donors (Lipinski definition) is 1. The van der Waals surface area contributed by atoms with Crippen LogP contribution in [0.4, 0.5) is 10.5 Å². The molecule has 1 saturated heterocycles. The molecule has 1 unspecified atom stereocenters. The summed E-state index contributed by atoms with van der Waals surface area (Å²) in [5.41, 5.74) is 3.22. The van der Waals surface area contributed by atoms with Crippen LogP contribution in [-0.2, 0) is 0 Å². The Morgan fingerprint density at radius 1 is 1.13 bits per heavy atom. The standard InChI is InChI=1S/C23H25N3O4/c1-28-16-8-10-20(29-2)17(13-16)19-4-3-11-26(19)23(27)24-15-7-9-21-18(12-15)25-22(30-21)14-5-6-14/h7-10,12-14,19H,3-6,11H2,1-2H3,(H,24,27). The smallest absolute Gasteiger partial charge is 0.322 e. The van der Waals surface area contributed by atoms with Crippen molar-refractivity contribution in [2.24, 2.45) is 0 Å². The number of carbonyl (C=O) groups excluding carboxylic acids is 1. The molecule has 0 spiro atoms. The van der Waals surface area contributed by atoms with Crippen molar-refractivity contribution in [2.75, 3.05) is 26.1 Å². The Morgan fingerprint density at radius 2 is 2.00 bits per heavy atom. The van der Waals surface area contributed by atoms with Crippen molar-refractivity contribution < 1.29 is 18.7 Å². The molecule has 1 saturated carbocycles. The minimum Gasteiger partial charge on any atom is -0.497 e. The fourth-order valence-corrected chi connectivity index (χ4v) is 4.16. The van der Waals surface area contributed by atoms with Gasteiger partial charge in [0.15, 0.2) is 11.5 Å². The lowest BCUT2D eigenvalue weighted by Crippen LogP contribution is -2.34. The number of aromatic nitrogens is 1. The van der Waals surface area contributed by atoms with E-state index in [1.54, 1.807) is 14.2 Å². The van der Waals surface area contributed by atoms with Crippen molar-refractivity contribution in [3.8, 4) is 11.5 Å². The summed E-state index contributed by atoms with van der Waals surface area (Å²) in [6.07, 6.45) is 4.09. The molecule has 0 bridgehead atoms. The van der Waals surface area contributed by atoms with Crippen LogP contribution in [0.2, 0.25) is 0 Å². The van der Waals surface area contributed by atoms with E-state index in [2.05, 4.69) is 10.3 Å². The van der Waals surface area contributed by atoms with Crippen LogP contribution in [-0.4, -0.2) is 36.7 Å². The van der Waals surface area contributed by atoms with Crippen LogP contribution in [0.1, 0.15) is 49.1 Å². The second kappa shape index (κ2) is 7.55. The summed E-state index contributed by atoms with van der Waals surface area (Å²) in [6.45, 7) is 0.689. The molecule has 3 aromatic rings. The number of anilines is 1. The normalized spacial score (nSPS) is 18.6. The molecule has 30 heavy (non-hydrogen) atoms. The molecule has 2 fully saturated rings. The van der Waals surface area contributed by atoms with E-state index in [9.17, 15) is 4.79 Å². The van der Waals surface area contributed by atoms with Crippen molar-refractivity contribution in [2.45, 2.75) is 37.6 Å². The van der Waals surface area contributed by atoms with Gasteiger partial charge in [-0.15, -0.1) is 0 Å². The molecule has 1 N–H and O–H groups in total. The highest BCUT2D eigenvalue weighted by atomic mass is 16.5. The zero-order valence-corrected chi connectivity index (χ0v) is 17.2. The molecular formula is C23H25N3O4. The second-order valence-electron chi connectivity index (χ2n) is 7.90. The first-order chi connectivity index (χ1) is 14.7. The number of nitrogens with one attached hydrogen (secondary N) is 1. The van der Waals surface area contributed by atoms with Crippen molar-refractivity contribution in [1.82, 2.24) is 9.88 Å². The summed E-state index contributed by atoms with van der Waals surface area (Å²) in [5.74, 6) is 2.77. The average Bonchev–Trinajstić information content (AvgIpc) is 3.34. The summed E-state index contributed by atoms with van der Waals surface area (Å²) >= 11 is 0. The Hall–Kier alpha value is -3.22. The van der Waals surface area contributed by atoms with Crippen LogP contribution < -0.4 is 14.8 Å². The number of carbonyl (C=O) groups is 1. The Morgan fingerprint density at radius 3 is 2.77 bits per heavy atom. The fourth-order valence-electron chi connectivity index (χ4n) is 4.16. The lowest BCUT2D eigenvalue weighted by atomic mass is 10.0. The molecule has 2 heterocycles. The predicted molar refractivity (Wildman–Crippen MR) is 113 cm³/mol. The van der Waals surface area contributed by atoms with Crippen LogP contribution >= 0.6 is 0 Å². The zero-order valence-electron chi connectivity index (χ0n) is 17.2. The molecule has 2 aromatic carbocycles. The van der Waals surface area contributed by atoms with Gasteiger partial charge in [0.2, 0.25) is 0 Å². The van der Waals surface area contributed by atoms with Gasteiger partial charge < -0.3 is 24.1 Å². The van der Waals surface area contributed by atoms with Gasteiger partial charge in [-0.05, 0) is 62.1 Å². The van der Waals surface area contributed by atoms with Crippen molar-refractivity contribution in [3.63, 3.8) is 0 Å². The second-order valence-corrected chi connectivity index (χ2v) is 7.90. The molecule has 5 rings (SSSR count). The van der Waals surface area contributed by atoms with Gasteiger partial charge in [0, 0.05) is 23.7 Å². The van der Waals surface area contributed by atoms with Crippen LogP contribution in [0.3, 0.4) is 0 Å². The Kier molecular flexibility index (Phi) is 4.73. The number of rotatable bonds is 5. The molecule has 2 amide bonds.